The standard InChI is InChI=1S/C15H18N2O2/c18-9-10-19-15-7-2-1-5-13(15)11-16-12-14-6-3-4-8-17-14/h1-8,16,18H,9-12H2. The second-order valence-electron chi connectivity index (χ2n) is 4.10. The molecule has 0 aliphatic heterocycles. The molecule has 1 aromatic heterocycles. The van der Waals surface area contributed by atoms with Crippen molar-refractivity contribution in [2.45, 2.75) is 13.1 Å². The van der Waals surface area contributed by atoms with E-state index in [9.17, 15) is 0 Å². The van der Waals surface area contributed by atoms with Gasteiger partial charge in [0, 0.05) is 24.8 Å². The Bertz CT molecular complexity index is 489. The molecule has 0 aliphatic carbocycles. The molecule has 0 radical (unpaired) electrons. The third-order valence-corrected chi connectivity index (χ3v) is 2.67. The van der Waals surface area contributed by atoms with Crippen LogP contribution in [0.5, 0.6) is 5.75 Å². The molecule has 0 fully saturated rings. The fourth-order valence-electron chi connectivity index (χ4n) is 1.77. The lowest BCUT2D eigenvalue weighted by molar-refractivity contribution is 0.200. The average Bonchev–Trinajstić information content (AvgIpc) is 2.47. The summed E-state index contributed by atoms with van der Waals surface area (Å²) in [6.07, 6.45) is 1.79. The maximum atomic E-state index is 8.79. The molecule has 0 amide bonds. The highest BCUT2D eigenvalue weighted by Gasteiger charge is 2.02. The maximum absolute atomic E-state index is 8.79. The van der Waals surface area contributed by atoms with Crippen molar-refractivity contribution in [3.63, 3.8) is 0 Å². The van der Waals surface area contributed by atoms with Crippen LogP contribution in [0, 0.1) is 0 Å². The molecule has 0 saturated heterocycles. The first-order chi connectivity index (χ1) is 9.40. The highest BCUT2D eigenvalue weighted by molar-refractivity contribution is 5.33. The third kappa shape index (κ3) is 4.35. The summed E-state index contributed by atoms with van der Waals surface area (Å²) in [7, 11) is 0. The van der Waals surface area contributed by atoms with Gasteiger partial charge in [-0.25, -0.2) is 0 Å². The monoisotopic (exact) mass is 258 g/mol. The minimum absolute atomic E-state index is 0.0235. The van der Waals surface area contributed by atoms with Crippen LogP contribution in [-0.2, 0) is 13.1 Å². The van der Waals surface area contributed by atoms with Gasteiger partial charge in [-0.2, -0.15) is 0 Å². The Balaban J connectivity index is 1.88. The number of aliphatic hydroxyl groups excluding tert-OH is 1. The fraction of sp³-hybridized carbons (Fsp3) is 0.267. The van der Waals surface area contributed by atoms with E-state index in [0.29, 0.717) is 13.2 Å². The Morgan fingerprint density at radius 1 is 1.05 bits per heavy atom. The molecule has 4 heteroatoms. The molecule has 2 N–H and O–H groups in total. The smallest absolute Gasteiger partial charge is 0.123 e. The van der Waals surface area contributed by atoms with Crippen LogP contribution in [0.3, 0.4) is 0 Å². The molecule has 1 heterocycles. The van der Waals surface area contributed by atoms with Gasteiger partial charge < -0.3 is 15.2 Å². The molecule has 2 rings (SSSR count). The number of benzene rings is 1. The second-order valence-corrected chi connectivity index (χ2v) is 4.10. The largest absolute Gasteiger partial charge is 0.491 e. The van der Waals surface area contributed by atoms with Crippen LogP contribution in [0.2, 0.25) is 0 Å². The minimum atomic E-state index is 0.0235. The van der Waals surface area contributed by atoms with Gasteiger partial charge in [0.05, 0.1) is 12.3 Å². The van der Waals surface area contributed by atoms with E-state index in [4.69, 9.17) is 9.84 Å². The molecule has 0 bridgehead atoms. The zero-order valence-electron chi connectivity index (χ0n) is 10.7. The van der Waals surface area contributed by atoms with Crippen molar-refractivity contribution >= 4 is 0 Å². The zero-order valence-corrected chi connectivity index (χ0v) is 10.7. The highest BCUT2D eigenvalue weighted by Crippen LogP contribution is 2.17. The van der Waals surface area contributed by atoms with Crippen molar-refractivity contribution in [2.75, 3.05) is 13.2 Å². The van der Waals surface area contributed by atoms with Gasteiger partial charge in [0.2, 0.25) is 0 Å². The Hall–Kier alpha value is -1.91. The number of para-hydroxylation sites is 1. The number of hydrogen-bond acceptors (Lipinski definition) is 4. The molecule has 0 atom stereocenters. The van der Waals surface area contributed by atoms with Gasteiger partial charge in [-0.15, -0.1) is 0 Å². The van der Waals surface area contributed by atoms with Crippen molar-refractivity contribution < 1.29 is 9.84 Å². The van der Waals surface area contributed by atoms with Crippen molar-refractivity contribution in [3.8, 4) is 5.75 Å². The predicted molar refractivity (Wildman–Crippen MR) is 73.8 cm³/mol. The Kier molecular flexibility index (Phi) is 5.34. The maximum Gasteiger partial charge on any atom is 0.123 e. The lowest BCUT2D eigenvalue weighted by Crippen LogP contribution is -2.14. The van der Waals surface area contributed by atoms with Crippen LogP contribution >= 0.6 is 0 Å². The first-order valence-corrected chi connectivity index (χ1v) is 6.32. The van der Waals surface area contributed by atoms with Crippen LogP contribution in [0.25, 0.3) is 0 Å². The number of ether oxygens (including phenoxy) is 1. The van der Waals surface area contributed by atoms with Gasteiger partial charge in [0.1, 0.15) is 12.4 Å². The van der Waals surface area contributed by atoms with Crippen molar-refractivity contribution in [1.82, 2.24) is 10.3 Å². The lowest BCUT2D eigenvalue weighted by atomic mass is 10.2. The summed E-state index contributed by atoms with van der Waals surface area (Å²) < 4.78 is 5.48. The quantitative estimate of drug-likeness (QED) is 0.794. The predicted octanol–water partition coefficient (Wildman–Crippen LogP) is 1.74. The zero-order chi connectivity index (χ0) is 13.3. The molecular formula is C15H18N2O2. The van der Waals surface area contributed by atoms with Crippen molar-refractivity contribution in [1.29, 1.82) is 0 Å². The van der Waals surface area contributed by atoms with E-state index in [1.54, 1.807) is 6.20 Å². The molecule has 0 unspecified atom stereocenters. The minimum Gasteiger partial charge on any atom is -0.491 e. The van der Waals surface area contributed by atoms with Crippen LogP contribution < -0.4 is 10.1 Å². The summed E-state index contributed by atoms with van der Waals surface area (Å²) in [5.41, 5.74) is 2.09. The van der Waals surface area contributed by atoms with Gasteiger partial charge in [0.25, 0.3) is 0 Å². The Morgan fingerprint density at radius 3 is 2.68 bits per heavy atom. The molecule has 4 nitrogen and oxygen atoms in total. The summed E-state index contributed by atoms with van der Waals surface area (Å²) in [6, 6.07) is 13.7. The number of aromatic nitrogens is 1. The molecule has 0 spiro atoms. The molecule has 100 valence electrons. The van der Waals surface area contributed by atoms with Gasteiger partial charge in [-0.05, 0) is 18.2 Å². The topological polar surface area (TPSA) is 54.4 Å². The Labute approximate surface area is 113 Å². The van der Waals surface area contributed by atoms with Crippen molar-refractivity contribution in [2.24, 2.45) is 0 Å². The molecule has 0 saturated carbocycles. The number of aliphatic hydroxyl groups is 1. The first kappa shape index (κ1) is 13.5. The SMILES string of the molecule is OCCOc1ccccc1CNCc1ccccn1. The van der Waals surface area contributed by atoms with E-state index in [1.165, 1.54) is 0 Å². The van der Waals surface area contributed by atoms with Crippen LogP contribution in [0.15, 0.2) is 48.7 Å². The van der Waals surface area contributed by atoms with Crippen LogP contribution in [0.1, 0.15) is 11.3 Å². The first-order valence-electron chi connectivity index (χ1n) is 6.32. The molecule has 0 aliphatic rings. The van der Waals surface area contributed by atoms with E-state index in [2.05, 4.69) is 10.3 Å². The van der Waals surface area contributed by atoms with E-state index in [0.717, 1.165) is 23.6 Å². The number of nitrogens with zero attached hydrogens (tertiary/aromatic N) is 1. The van der Waals surface area contributed by atoms with Crippen LogP contribution in [-0.4, -0.2) is 23.3 Å². The van der Waals surface area contributed by atoms with E-state index in [1.807, 2.05) is 42.5 Å². The van der Waals surface area contributed by atoms with Gasteiger partial charge in [-0.1, -0.05) is 24.3 Å². The summed E-state index contributed by atoms with van der Waals surface area (Å²) >= 11 is 0. The summed E-state index contributed by atoms with van der Waals surface area (Å²) in [4.78, 5) is 4.26. The molecular weight excluding hydrogens is 240 g/mol. The number of rotatable bonds is 7. The summed E-state index contributed by atoms with van der Waals surface area (Å²) in [6.45, 7) is 1.76. The average molecular weight is 258 g/mol. The van der Waals surface area contributed by atoms with Gasteiger partial charge in [-0.3, -0.25) is 4.98 Å². The fourth-order valence-corrected chi connectivity index (χ4v) is 1.77. The Morgan fingerprint density at radius 2 is 1.89 bits per heavy atom. The second kappa shape index (κ2) is 7.51. The van der Waals surface area contributed by atoms with Gasteiger partial charge in [0.15, 0.2) is 0 Å². The summed E-state index contributed by atoms with van der Waals surface area (Å²) in [5, 5.41) is 12.1. The molecule has 1 aromatic carbocycles. The van der Waals surface area contributed by atoms with E-state index in [-0.39, 0.29) is 6.61 Å². The summed E-state index contributed by atoms with van der Waals surface area (Å²) in [5.74, 6) is 0.810. The molecule has 2 aromatic rings. The highest BCUT2D eigenvalue weighted by atomic mass is 16.5. The van der Waals surface area contributed by atoms with Gasteiger partial charge >= 0.3 is 0 Å². The molecule has 19 heavy (non-hydrogen) atoms. The number of hydrogen-bond donors (Lipinski definition) is 2. The number of pyridine rings is 1. The van der Waals surface area contributed by atoms with E-state index < -0.39 is 0 Å². The van der Waals surface area contributed by atoms with E-state index >= 15 is 0 Å². The number of nitrogens with one attached hydrogen (secondary N) is 1. The normalized spacial score (nSPS) is 10.4. The van der Waals surface area contributed by atoms with Crippen molar-refractivity contribution in [3.05, 3.63) is 59.9 Å². The third-order valence-electron chi connectivity index (χ3n) is 2.67. The lowest BCUT2D eigenvalue weighted by Gasteiger charge is -2.11. The van der Waals surface area contributed by atoms with Crippen LogP contribution in [0.4, 0.5) is 0 Å².